The molecule has 0 aliphatic rings. The fraction of sp³-hybridized carbons (Fsp3) is 0.353. The summed E-state index contributed by atoms with van der Waals surface area (Å²) in [6, 6.07) is 12.8. The average Bonchev–Trinajstić information content (AvgIpc) is 2.40. The molecule has 0 aromatic heterocycles. The second-order valence-corrected chi connectivity index (χ2v) is 4.80. The minimum absolute atomic E-state index is 0.534. The molecular weight excluding hydrogens is 220 g/mol. The zero-order chi connectivity index (χ0) is 12.8. The van der Waals surface area contributed by atoms with Crippen LogP contribution in [0.15, 0.2) is 36.4 Å². The Balaban J connectivity index is 2.34. The van der Waals surface area contributed by atoms with Crippen LogP contribution in [0.4, 0.5) is 0 Å². The Kier molecular flexibility index (Phi) is 4.52. The van der Waals surface area contributed by atoms with Crippen molar-refractivity contribution in [1.82, 2.24) is 0 Å². The maximum absolute atomic E-state index is 10.8. The molecule has 18 heavy (non-hydrogen) atoms. The normalized spacial score (nSPS) is 10.7. The summed E-state index contributed by atoms with van der Waals surface area (Å²) in [6.45, 7) is 2.22. The van der Waals surface area contributed by atoms with Gasteiger partial charge in [-0.1, -0.05) is 56.2 Å². The Bertz CT molecular complexity index is 528. The lowest BCUT2D eigenvalue weighted by Crippen LogP contribution is -1.96. The van der Waals surface area contributed by atoms with Gasteiger partial charge in [0.05, 0.1) is 0 Å². The SMILES string of the molecule is CCCCCc1cc2ccccc2cc1CC=O. The first kappa shape index (κ1) is 12.8. The van der Waals surface area contributed by atoms with Crippen molar-refractivity contribution >= 4 is 17.1 Å². The van der Waals surface area contributed by atoms with Gasteiger partial charge in [0.15, 0.2) is 0 Å². The summed E-state index contributed by atoms with van der Waals surface area (Å²) in [5, 5.41) is 2.51. The zero-order valence-corrected chi connectivity index (χ0v) is 11.0. The lowest BCUT2D eigenvalue weighted by atomic mass is 9.95. The number of rotatable bonds is 6. The summed E-state index contributed by atoms with van der Waals surface area (Å²) in [7, 11) is 0. The Labute approximate surface area is 109 Å². The molecule has 0 aliphatic carbocycles. The summed E-state index contributed by atoms with van der Waals surface area (Å²) >= 11 is 0. The fourth-order valence-electron chi connectivity index (χ4n) is 2.41. The summed E-state index contributed by atoms with van der Waals surface area (Å²) < 4.78 is 0. The van der Waals surface area contributed by atoms with Crippen molar-refractivity contribution in [2.45, 2.75) is 39.0 Å². The van der Waals surface area contributed by atoms with Gasteiger partial charge < -0.3 is 4.79 Å². The predicted molar refractivity (Wildman–Crippen MR) is 76.9 cm³/mol. The molecule has 0 saturated heterocycles. The number of fused-ring (bicyclic) bond motifs is 1. The Morgan fingerprint density at radius 2 is 1.67 bits per heavy atom. The van der Waals surface area contributed by atoms with E-state index in [9.17, 15) is 4.79 Å². The molecule has 0 saturated carbocycles. The monoisotopic (exact) mass is 240 g/mol. The van der Waals surface area contributed by atoms with E-state index in [2.05, 4.69) is 37.3 Å². The van der Waals surface area contributed by atoms with Gasteiger partial charge in [-0.05, 0) is 34.7 Å². The smallest absolute Gasteiger partial charge is 0.124 e. The van der Waals surface area contributed by atoms with E-state index >= 15 is 0 Å². The first-order chi connectivity index (χ1) is 8.85. The van der Waals surface area contributed by atoms with E-state index in [1.54, 1.807) is 0 Å². The molecule has 0 bridgehead atoms. The number of carbonyl (C=O) groups is 1. The summed E-state index contributed by atoms with van der Waals surface area (Å²) in [4.78, 5) is 10.8. The Morgan fingerprint density at radius 1 is 1.00 bits per heavy atom. The van der Waals surface area contributed by atoms with Crippen LogP contribution in [0.1, 0.15) is 37.3 Å². The molecule has 2 rings (SSSR count). The highest BCUT2D eigenvalue weighted by Crippen LogP contribution is 2.22. The van der Waals surface area contributed by atoms with Crippen LogP contribution in [-0.2, 0) is 17.6 Å². The van der Waals surface area contributed by atoms with Gasteiger partial charge in [-0.3, -0.25) is 0 Å². The number of hydrogen-bond acceptors (Lipinski definition) is 1. The highest BCUT2D eigenvalue weighted by Gasteiger charge is 2.04. The summed E-state index contributed by atoms with van der Waals surface area (Å²) in [6.07, 6.45) is 6.33. The van der Waals surface area contributed by atoms with Crippen molar-refractivity contribution in [2.75, 3.05) is 0 Å². The fourth-order valence-corrected chi connectivity index (χ4v) is 2.41. The third kappa shape index (κ3) is 2.98. The van der Waals surface area contributed by atoms with Gasteiger partial charge in [-0.15, -0.1) is 0 Å². The summed E-state index contributed by atoms with van der Waals surface area (Å²) in [5.41, 5.74) is 2.54. The van der Waals surface area contributed by atoms with E-state index in [0.29, 0.717) is 6.42 Å². The van der Waals surface area contributed by atoms with E-state index in [-0.39, 0.29) is 0 Å². The van der Waals surface area contributed by atoms with Crippen LogP contribution < -0.4 is 0 Å². The van der Waals surface area contributed by atoms with Crippen LogP contribution in [0.5, 0.6) is 0 Å². The molecular formula is C17H20O. The van der Waals surface area contributed by atoms with Crippen LogP contribution in [0.2, 0.25) is 0 Å². The minimum atomic E-state index is 0.534. The molecule has 1 heteroatoms. The second-order valence-electron chi connectivity index (χ2n) is 4.80. The molecule has 0 N–H and O–H groups in total. The minimum Gasteiger partial charge on any atom is -0.303 e. The van der Waals surface area contributed by atoms with Crippen LogP contribution in [-0.4, -0.2) is 6.29 Å². The van der Waals surface area contributed by atoms with Crippen molar-refractivity contribution in [3.05, 3.63) is 47.5 Å². The van der Waals surface area contributed by atoms with Crippen molar-refractivity contribution < 1.29 is 4.79 Å². The zero-order valence-electron chi connectivity index (χ0n) is 11.0. The van der Waals surface area contributed by atoms with Crippen molar-refractivity contribution in [2.24, 2.45) is 0 Å². The molecule has 0 unspecified atom stereocenters. The van der Waals surface area contributed by atoms with E-state index in [4.69, 9.17) is 0 Å². The van der Waals surface area contributed by atoms with Crippen molar-refractivity contribution in [3.8, 4) is 0 Å². The van der Waals surface area contributed by atoms with E-state index in [1.807, 2.05) is 6.07 Å². The third-order valence-corrected chi connectivity index (χ3v) is 3.42. The number of benzene rings is 2. The first-order valence-electron chi connectivity index (χ1n) is 6.79. The molecule has 1 nitrogen and oxygen atoms in total. The van der Waals surface area contributed by atoms with Crippen LogP contribution in [0.25, 0.3) is 10.8 Å². The van der Waals surface area contributed by atoms with Crippen molar-refractivity contribution in [3.63, 3.8) is 0 Å². The molecule has 0 spiro atoms. The molecule has 0 fully saturated rings. The number of hydrogen-bond donors (Lipinski definition) is 0. The summed E-state index contributed by atoms with van der Waals surface area (Å²) in [5.74, 6) is 0. The van der Waals surface area contributed by atoms with Gasteiger partial charge in [0.25, 0.3) is 0 Å². The van der Waals surface area contributed by atoms with Crippen LogP contribution >= 0.6 is 0 Å². The first-order valence-corrected chi connectivity index (χ1v) is 6.79. The van der Waals surface area contributed by atoms with Gasteiger partial charge in [0.2, 0.25) is 0 Å². The largest absolute Gasteiger partial charge is 0.303 e. The highest BCUT2D eigenvalue weighted by molar-refractivity contribution is 5.84. The highest BCUT2D eigenvalue weighted by atomic mass is 16.1. The third-order valence-electron chi connectivity index (χ3n) is 3.42. The molecule has 0 radical (unpaired) electrons. The Hall–Kier alpha value is -1.63. The molecule has 2 aromatic rings. The second kappa shape index (κ2) is 6.34. The molecule has 2 aromatic carbocycles. The number of aryl methyl sites for hydroxylation is 1. The van der Waals surface area contributed by atoms with Crippen molar-refractivity contribution in [1.29, 1.82) is 0 Å². The lowest BCUT2D eigenvalue weighted by molar-refractivity contribution is -0.107. The van der Waals surface area contributed by atoms with Gasteiger partial charge in [-0.25, -0.2) is 0 Å². The van der Waals surface area contributed by atoms with E-state index in [0.717, 1.165) is 12.7 Å². The Morgan fingerprint density at radius 3 is 2.28 bits per heavy atom. The van der Waals surface area contributed by atoms with Gasteiger partial charge in [0.1, 0.15) is 6.29 Å². The quantitative estimate of drug-likeness (QED) is 0.543. The average molecular weight is 240 g/mol. The van der Waals surface area contributed by atoms with Gasteiger partial charge in [0, 0.05) is 6.42 Å². The molecule has 0 aliphatic heterocycles. The number of unbranched alkanes of at least 4 members (excludes halogenated alkanes) is 2. The standard InChI is InChI=1S/C17H20O/c1-2-3-4-7-16-12-14-8-5-6-9-15(14)13-17(16)10-11-18/h5-6,8-9,11-13H,2-4,7,10H2,1H3. The van der Waals surface area contributed by atoms with Gasteiger partial charge in [-0.2, -0.15) is 0 Å². The van der Waals surface area contributed by atoms with E-state index in [1.165, 1.54) is 41.2 Å². The van der Waals surface area contributed by atoms with E-state index < -0.39 is 0 Å². The molecule has 0 heterocycles. The van der Waals surface area contributed by atoms with Crippen LogP contribution in [0.3, 0.4) is 0 Å². The van der Waals surface area contributed by atoms with Gasteiger partial charge >= 0.3 is 0 Å². The maximum atomic E-state index is 10.8. The lowest BCUT2D eigenvalue weighted by Gasteiger charge is -2.09. The predicted octanol–water partition coefficient (Wildman–Crippen LogP) is 4.31. The number of aldehydes is 1. The maximum Gasteiger partial charge on any atom is 0.124 e. The van der Waals surface area contributed by atoms with Crippen LogP contribution in [0, 0.1) is 0 Å². The number of carbonyl (C=O) groups excluding carboxylic acids is 1. The molecule has 0 amide bonds. The molecule has 94 valence electrons. The molecule has 0 atom stereocenters. The topological polar surface area (TPSA) is 17.1 Å².